The summed E-state index contributed by atoms with van der Waals surface area (Å²) in [5.74, 6) is 1.57. The third-order valence-electron chi connectivity index (χ3n) is 5.44. The van der Waals surface area contributed by atoms with Crippen LogP contribution in [0.4, 0.5) is 0 Å². The summed E-state index contributed by atoms with van der Waals surface area (Å²) >= 11 is 1.75. The van der Waals surface area contributed by atoms with E-state index in [4.69, 9.17) is 9.47 Å². The number of aromatic amines is 1. The molecule has 5 nitrogen and oxygen atoms in total. The molecule has 0 spiro atoms. The molecule has 4 aromatic rings. The molecule has 1 N–H and O–H groups in total. The summed E-state index contributed by atoms with van der Waals surface area (Å²) in [6, 6.07) is 16.3. The van der Waals surface area contributed by atoms with Crippen molar-refractivity contribution in [3.05, 3.63) is 81.6 Å². The second-order valence-corrected chi connectivity index (χ2v) is 8.34. The van der Waals surface area contributed by atoms with Crippen molar-refractivity contribution < 1.29 is 9.47 Å². The highest BCUT2D eigenvalue weighted by atomic mass is 32.1. The number of hydrogen-bond donors (Lipinski definition) is 1. The average molecular weight is 419 g/mol. The van der Waals surface area contributed by atoms with Crippen LogP contribution in [0, 0.1) is 0 Å². The number of fused-ring (bicyclic) bond motifs is 2. The molecule has 2 aromatic carbocycles. The van der Waals surface area contributed by atoms with E-state index >= 15 is 0 Å². The Hall–Kier alpha value is -3.09. The van der Waals surface area contributed by atoms with Gasteiger partial charge in [0.15, 0.2) is 11.5 Å². The lowest BCUT2D eigenvalue weighted by atomic mass is 10.0. The van der Waals surface area contributed by atoms with Crippen LogP contribution >= 0.6 is 11.3 Å². The lowest BCUT2D eigenvalue weighted by molar-refractivity contribution is 0.217. The molecule has 152 valence electrons. The van der Waals surface area contributed by atoms with Crippen molar-refractivity contribution in [2.24, 2.45) is 0 Å². The number of rotatable bonds is 4. The first-order valence-electron chi connectivity index (χ1n) is 9.91. The second-order valence-electron chi connectivity index (χ2n) is 7.43. The molecule has 0 saturated heterocycles. The molecule has 0 saturated carbocycles. The summed E-state index contributed by atoms with van der Waals surface area (Å²) in [7, 11) is 1.69. The van der Waals surface area contributed by atoms with Crippen LogP contribution in [-0.2, 0) is 13.1 Å². The van der Waals surface area contributed by atoms with Crippen molar-refractivity contribution >= 4 is 21.4 Å². The van der Waals surface area contributed by atoms with E-state index in [-0.39, 0.29) is 5.56 Å². The molecule has 0 unspecified atom stereocenters. The van der Waals surface area contributed by atoms with Gasteiger partial charge in [-0.1, -0.05) is 18.2 Å². The summed E-state index contributed by atoms with van der Waals surface area (Å²) in [6.45, 7) is 2.78. The lowest BCUT2D eigenvalue weighted by Crippen LogP contribution is -2.25. The van der Waals surface area contributed by atoms with Crippen LogP contribution in [0.3, 0.4) is 0 Å². The van der Waals surface area contributed by atoms with Crippen LogP contribution in [0.15, 0.2) is 64.9 Å². The Morgan fingerprint density at radius 2 is 2.10 bits per heavy atom. The van der Waals surface area contributed by atoms with Crippen LogP contribution in [0.2, 0.25) is 0 Å². The van der Waals surface area contributed by atoms with Crippen LogP contribution in [0.1, 0.15) is 11.1 Å². The smallest absolute Gasteiger partial charge is 0.248 e. The summed E-state index contributed by atoms with van der Waals surface area (Å²) in [6.07, 6.45) is 1.70. The van der Waals surface area contributed by atoms with Crippen LogP contribution in [0.5, 0.6) is 11.5 Å². The van der Waals surface area contributed by atoms with Gasteiger partial charge in [-0.3, -0.25) is 9.69 Å². The number of methoxy groups -OCH3 is 1. The van der Waals surface area contributed by atoms with Gasteiger partial charge in [0, 0.05) is 53.1 Å². The minimum atomic E-state index is -0.0766. The van der Waals surface area contributed by atoms with Gasteiger partial charge in [-0.05, 0) is 40.8 Å². The zero-order chi connectivity index (χ0) is 20.5. The molecule has 0 aliphatic carbocycles. The number of nitrogens with one attached hydrogen (secondary N) is 1. The number of nitrogens with zero attached hydrogens (tertiary/aromatic N) is 1. The van der Waals surface area contributed by atoms with Gasteiger partial charge >= 0.3 is 0 Å². The number of aromatic nitrogens is 1. The van der Waals surface area contributed by atoms with Crippen molar-refractivity contribution in [2.45, 2.75) is 13.1 Å². The van der Waals surface area contributed by atoms with Crippen molar-refractivity contribution in [3.8, 4) is 22.6 Å². The molecule has 2 aromatic heterocycles. The zero-order valence-electron chi connectivity index (χ0n) is 16.7. The normalized spacial score (nSPS) is 14.2. The van der Waals surface area contributed by atoms with E-state index < -0.39 is 0 Å². The summed E-state index contributed by atoms with van der Waals surface area (Å²) in [4.78, 5) is 16.6. The fourth-order valence-electron chi connectivity index (χ4n) is 4.03. The second kappa shape index (κ2) is 7.97. The largest absolute Gasteiger partial charge is 0.493 e. The minimum Gasteiger partial charge on any atom is -0.493 e. The first kappa shape index (κ1) is 18.9. The molecule has 1 aliphatic heterocycles. The SMILES string of the molecule is COc1cc(-c2csc3ccccc23)cc2c1OCCN(Cc1cc[nH]c(=O)c1)C2. The molecule has 30 heavy (non-hydrogen) atoms. The van der Waals surface area contributed by atoms with Gasteiger partial charge in [0.25, 0.3) is 0 Å². The van der Waals surface area contributed by atoms with E-state index in [1.165, 1.54) is 15.6 Å². The number of ether oxygens (including phenoxy) is 2. The maximum Gasteiger partial charge on any atom is 0.248 e. The first-order valence-corrected chi connectivity index (χ1v) is 10.8. The number of benzene rings is 2. The molecule has 0 fully saturated rings. The number of hydrogen-bond acceptors (Lipinski definition) is 5. The molecule has 3 heterocycles. The fraction of sp³-hybridized carbons (Fsp3) is 0.208. The Labute approximate surface area is 178 Å². The molecule has 0 radical (unpaired) electrons. The van der Waals surface area contributed by atoms with E-state index in [9.17, 15) is 4.79 Å². The predicted molar refractivity (Wildman–Crippen MR) is 120 cm³/mol. The highest BCUT2D eigenvalue weighted by Crippen LogP contribution is 2.41. The van der Waals surface area contributed by atoms with Crippen LogP contribution < -0.4 is 15.0 Å². The summed E-state index contributed by atoms with van der Waals surface area (Å²) in [5.41, 5.74) is 4.36. The Balaban J connectivity index is 1.53. The van der Waals surface area contributed by atoms with E-state index in [0.29, 0.717) is 13.2 Å². The topological polar surface area (TPSA) is 54.6 Å². The Bertz CT molecular complexity index is 1260. The van der Waals surface area contributed by atoms with Gasteiger partial charge in [-0.15, -0.1) is 11.3 Å². The van der Waals surface area contributed by atoms with Crippen molar-refractivity contribution in [1.29, 1.82) is 0 Å². The first-order chi connectivity index (χ1) is 14.7. The standard InChI is InChI=1S/C24H22N2O3S/c1-28-21-12-17(20-15-30-22-5-3-2-4-19(20)22)11-18-14-26(8-9-29-24(18)21)13-16-6-7-25-23(27)10-16/h2-7,10-12,15H,8-9,13-14H2,1H3,(H,25,27). The van der Waals surface area contributed by atoms with Gasteiger partial charge in [-0.25, -0.2) is 0 Å². The maximum atomic E-state index is 11.7. The number of thiophene rings is 1. The third kappa shape index (κ3) is 3.60. The Morgan fingerprint density at radius 1 is 1.20 bits per heavy atom. The summed E-state index contributed by atoms with van der Waals surface area (Å²) < 4.78 is 13.1. The van der Waals surface area contributed by atoms with Gasteiger partial charge in [0.05, 0.1) is 7.11 Å². The molecule has 6 heteroatoms. The average Bonchev–Trinajstić information content (AvgIpc) is 3.08. The molecule has 1 aliphatic rings. The molecular weight excluding hydrogens is 396 g/mol. The fourth-order valence-corrected chi connectivity index (χ4v) is 5.00. The van der Waals surface area contributed by atoms with Crippen molar-refractivity contribution in [2.75, 3.05) is 20.3 Å². The van der Waals surface area contributed by atoms with Gasteiger partial charge in [0.1, 0.15) is 6.61 Å². The van der Waals surface area contributed by atoms with Crippen LogP contribution in [-0.4, -0.2) is 30.1 Å². The third-order valence-corrected chi connectivity index (χ3v) is 6.40. The van der Waals surface area contributed by atoms with Gasteiger partial charge in [-0.2, -0.15) is 0 Å². The van der Waals surface area contributed by atoms with Crippen molar-refractivity contribution in [3.63, 3.8) is 0 Å². The zero-order valence-corrected chi connectivity index (χ0v) is 17.5. The van der Waals surface area contributed by atoms with E-state index in [2.05, 4.69) is 51.7 Å². The Kier molecular flexibility index (Phi) is 5.02. The Morgan fingerprint density at radius 3 is 2.97 bits per heavy atom. The number of H-pyrrole nitrogens is 1. The van der Waals surface area contributed by atoms with Crippen molar-refractivity contribution in [1.82, 2.24) is 9.88 Å². The van der Waals surface area contributed by atoms with E-state index in [0.717, 1.165) is 41.3 Å². The van der Waals surface area contributed by atoms with E-state index in [1.54, 1.807) is 30.7 Å². The van der Waals surface area contributed by atoms with Crippen LogP contribution in [0.25, 0.3) is 21.2 Å². The number of pyridine rings is 1. The highest BCUT2D eigenvalue weighted by molar-refractivity contribution is 7.17. The summed E-state index contributed by atoms with van der Waals surface area (Å²) in [5, 5.41) is 3.46. The monoisotopic (exact) mass is 418 g/mol. The lowest BCUT2D eigenvalue weighted by Gasteiger charge is -2.19. The highest BCUT2D eigenvalue weighted by Gasteiger charge is 2.21. The minimum absolute atomic E-state index is 0.0766. The molecule has 0 atom stereocenters. The van der Waals surface area contributed by atoms with E-state index in [1.807, 2.05) is 6.07 Å². The molecule has 5 rings (SSSR count). The molecular formula is C24H22N2O3S. The van der Waals surface area contributed by atoms with Gasteiger partial charge in [0.2, 0.25) is 5.56 Å². The van der Waals surface area contributed by atoms with Gasteiger partial charge < -0.3 is 14.5 Å². The maximum absolute atomic E-state index is 11.7. The molecule has 0 bridgehead atoms. The predicted octanol–water partition coefficient (Wildman–Crippen LogP) is 4.66. The quantitative estimate of drug-likeness (QED) is 0.524. The molecule has 0 amide bonds.